The number of hydrogen-bond acceptors (Lipinski definition) is 4. The van der Waals surface area contributed by atoms with Crippen LogP contribution in [0.2, 0.25) is 0 Å². The zero-order valence-electron chi connectivity index (χ0n) is 11.7. The zero-order valence-corrected chi connectivity index (χ0v) is 11.7. The van der Waals surface area contributed by atoms with Gasteiger partial charge in [0.05, 0.1) is 0 Å². The summed E-state index contributed by atoms with van der Waals surface area (Å²) in [5.74, 6) is -0.282. The minimum atomic E-state index is -0.402. The molecule has 2 rings (SSSR count). The lowest BCUT2D eigenvalue weighted by Crippen LogP contribution is -2.32. The number of benzene rings is 1. The van der Waals surface area contributed by atoms with Crippen molar-refractivity contribution in [3.8, 4) is 5.75 Å². The van der Waals surface area contributed by atoms with Gasteiger partial charge in [-0.3, -0.25) is 4.90 Å². The molecule has 0 aliphatic carbocycles. The lowest BCUT2D eigenvalue weighted by atomic mass is 10.3. The predicted molar refractivity (Wildman–Crippen MR) is 73.1 cm³/mol. The van der Waals surface area contributed by atoms with Crippen LogP contribution in [0.1, 0.15) is 19.8 Å². The standard InChI is InChI=1S/C15H20FNO3/c1-12(10-17-8-2-3-9-17)20-15(18)11-19-14-6-4-13(16)5-7-14/h4-7,12H,2-3,8-11H2,1H3/t12-/m0/s1. The van der Waals surface area contributed by atoms with Crippen LogP contribution >= 0.6 is 0 Å². The van der Waals surface area contributed by atoms with Gasteiger partial charge in [0.15, 0.2) is 6.61 Å². The summed E-state index contributed by atoms with van der Waals surface area (Å²) < 4.78 is 23.2. The molecular formula is C15H20FNO3. The van der Waals surface area contributed by atoms with E-state index in [0.717, 1.165) is 19.6 Å². The molecule has 0 N–H and O–H groups in total. The summed E-state index contributed by atoms with van der Waals surface area (Å²) in [4.78, 5) is 13.9. The fourth-order valence-electron chi connectivity index (χ4n) is 2.30. The first kappa shape index (κ1) is 14.8. The fraction of sp³-hybridized carbons (Fsp3) is 0.533. The Morgan fingerprint density at radius 3 is 2.60 bits per heavy atom. The highest BCUT2D eigenvalue weighted by atomic mass is 19.1. The molecule has 0 bridgehead atoms. The van der Waals surface area contributed by atoms with E-state index >= 15 is 0 Å². The molecule has 5 heteroatoms. The maximum atomic E-state index is 12.7. The van der Waals surface area contributed by atoms with Gasteiger partial charge in [-0.2, -0.15) is 0 Å². The SMILES string of the molecule is C[C@@H](CN1CCCC1)OC(=O)COc1ccc(F)cc1. The third-order valence-corrected chi connectivity index (χ3v) is 3.22. The average Bonchev–Trinajstić information content (AvgIpc) is 2.90. The molecule has 0 radical (unpaired) electrons. The smallest absolute Gasteiger partial charge is 0.344 e. The van der Waals surface area contributed by atoms with E-state index in [1.165, 1.54) is 37.1 Å². The van der Waals surface area contributed by atoms with Crippen molar-refractivity contribution in [1.82, 2.24) is 4.90 Å². The molecule has 1 heterocycles. The summed E-state index contributed by atoms with van der Waals surface area (Å²) >= 11 is 0. The highest BCUT2D eigenvalue weighted by molar-refractivity contribution is 5.71. The Hall–Kier alpha value is -1.62. The fourth-order valence-corrected chi connectivity index (χ4v) is 2.30. The van der Waals surface area contributed by atoms with Gasteiger partial charge in [0.1, 0.15) is 17.7 Å². The van der Waals surface area contributed by atoms with Crippen molar-refractivity contribution < 1.29 is 18.7 Å². The quantitative estimate of drug-likeness (QED) is 0.750. The van der Waals surface area contributed by atoms with Crippen LogP contribution < -0.4 is 4.74 Å². The molecule has 0 amide bonds. The molecule has 0 aromatic heterocycles. The first-order chi connectivity index (χ1) is 9.63. The molecule has 1 saturated heterocycles. The van der Waals surface area contributed by atoms with Crippen molar-refractivity contribution >= 4 is 5.97 Å². The average molecular weight is 281 g/mol. The van der Waals surface area contributed by atoms with Crippen molar-refractivity contribution in [3.05, 3.63) is 30.1 Å². The van der Waals surface area contributed by atoms with Gasteiger partial charge in [-0.1, -0.05) is 0 Å². The van der Waals surface area contributed by atoms with Crippen molar-refractivity contribution in [2.45, 2.75) is 25.9 Å². The van der Waals surface area contributed by atoms with Crippen LogP contribution in [-0.4, -0.2) is 43.2 Å². The Morgan fingerprint density at radius 2 is 1.95 bits per heavy atom. The van der Waals surface area contributed by atoms with Crippen LogP contribution in [0.3, 0.4) is 0 Å². The van der Waals surface area contributed by atoms with Gasteiger partial charge in [-0.05, 0) is 57.1 Å². The van der Waals surface area contributed by atoms with E-state index in [9.17, 15) is 9.18 Å². The number of hydrogen-bond donors (Lipinski definition) is 0. The Bertz CT molecular complexity index is 429. The number of rotatable bonds is 6. The van der Waals surface area contributed by atoms with E-state index in [4.69, 9.17) is 9.47 Å². The van der Waals surface area contributed by atoms with Crippen LogP contribution in [0.4, 0.5) is 4.39 Å². The molecular weight excluding hydrogens is 261 g/mol. The van der Waals surface area contributed by atoms with Gasteiger partial charge in [-0.25, -0.2) is 9.18 Å². The molecule has 1 aliphatic rings. The van der Waals surface area contributed by atoms with E-state index < -0.39 is 5.97 Å². The van der Waals surface area contributed by atoms with Crippen LogP contribution in [0.5, 0.6) is 5.75 Å². The second kappa shape index (κ2) is 7.24. The molecule has 0 unspecified atom stereocenters. The van der Waals surface area contributed by atoms with E-state index in [0.29, 0.717) is 5.75 Å². The largest absolute Gasteiger partial charge is 0.482 e. The van der Waals surface area contributed by atoms with Crippen molar-refractivity contribution in [2.24, 2.45) is 0 Å². The van der Waals surface area contributed by atoms with E-state index in [2.05, 4.69) is 4.90 Å². The van der Waals surface area contributed by atoms with Gasteiger partial charge in [-0.15, -0.1) is 0 Å². The summed E-state index contributed by atoms with van der Waals surface area (Å²) in [6, 6.07) is 5.54. The normalized spacial score (nSPS) is 16.9. The maximum Gasteiger partial charge on any atom is 0.344 e. The molecule has 4 nitrogen and oxygen atoms in total. The molecule has 110 valence electrons. The minimum Gasteiger partial charge on any atom is -0.482 e. The second-order valence-electron chi connectivity index (χ2n) is 5.05. The topological polar surface area (TPSA) is 38.8 Å². The second-order valence-corrected chi connectivity index (χ2v) is 5.05. The van der Waals surface area contributed by atoms with Gasteiger partial charge in [0.2, 0.25) is 0 Å². The number of ether oxygens (including phenoxy) is 2. The highest BCUT2D eigenvalue weighted by Crippen LogP contribution is 2.12. The number of likely N-dealkylation sites (tertiary alicyclic amines) is 1. The summed E-state index contributed by atoms with van der Waals surface area (Å²) in [7, 11) is 0. The van der Waals surface area contributed by atoms with Crippen LogP contribution in [-0.2, 0) is 9.53 Å². The van der Waals surface area contributed by atoms with Crippen molar-refractivity contribution in [2.75, 3.05) is 26.2 Å². The van der Waals surface area contributed by atoms with Gasteiger partial charge in [0, 0.05) is 6.54 Å². The van der Waals surface area contributed by atoms with Gasteiger partial charge in [0.25, 0.3) is 0 Å². The van der Waals surface area contributed by atoms with Crippen molar-refractivity contribution in [3.63, 3.8) is 0 Å². The van der Waals surface area contributed by atoms with Crippen LogP contribution in [0, 0.1) is 5.82 Å². The molecule has 20 heavy (non-hydrogen) atoms. The summed E-state index contributed by atoms with van der Waals surface area (Å²) in [6.07, 6.45) is 2.29. The lowest BCUT2D eigenvalue weighted by molar-refractivity contribution is -0.151. The third-order valence-electron chi connectivity index (χ3n) is 3.22. The van der Waals surface area contributed by atoms with E-state index in [1.807, 2.05) is 6.92 Å². The number of carbonyl (C=O) groups is 1. The summed E-state index contributed by atoms with van der Waals surface area (Å²) in [5.41, 5.74) is 0. The number of esters is 1. The van der Waals surface area contributed by atoms with Gasteiger partial charge < -0.3 is 9.47 Å². The Morgan fingerprint density at radius 1 is 1.30 bits per heavy atom. The Balaban J connectivity index is 1.67. The summed E-state index contributed by atoms with van der Waals surface area (Å²) in [6.45, 7) is 4.65. The molecule has 1 atom stereocenters. The third kappa shape index (κ3) is 4.81. The van der Waals surface area contributed by atoms with Gasteiger partial charge >= 0.3 is 5.97 Å². The first-order valence-corrected chi connectivity index (χ1v) is 6.93. The highest BCUT2D eigenvalue weighted by Gasteiger charge is 2.17. The molecule has 1 fully saturated rings. The molecule has 1 aromatic rings. The van der Waals surface area contributed by atoms with Crippen molar-refractivity contribution in [1.29, 1.82) is 0 Å². The molecule has 1 aliphatic heterocycles. The predicted octanol–water partition coefficient (Wildman–Crippen LogP) is 2.23. The number of nitrogens with zero attached hydrogens (tertiary/aromatic N) is 1. The molecule has 1 aromatic carbocycles. The van der Waals surface area contributed by atoms with Crippen LogP contribution in [0.15, 0.2) is 24.3 Å². The minimum absolute atomic E-state index is 0.141. The zero-order chi connectivity index (χ0) is 14.4. The van der Waals surface area contributed by atoms with E-state index in [1.54, 1.807) is 0 Å². The van der Waals surface area contributed by atoms with E-state index in [-0.39, 0.29) is 18.5 Å². The molecule has 0 spiro atoms. The lowest BCUT2D eigenvalue weighted by Gasteiger charge is -2.20. The Labute approximate surface area is 118 Å². The van der Waals surface area contributed by atoms with Crippen LogP contribution in [0.25, 0.3) is 0 Å². The molecule has 0 saturated carbocycles. The number of carbonyl (C=O) groups excluding carboxylic acids is 1. The number of halogens is 1. The Kier molecular flexibility index (Phi) is 5.35. The monoisotopic (exact) mass is 281 g/mol. The summed E-state index contributed by atoms with van der Waals surface area (Å²) in [5, 5.41) is 0. The first-order valence-electron chi connectivity index (χ1n) is 6.93. The maximum absolute atomic E-state index is 12.7.